The first-order chi connectivity index (χ1) is 15.0. The van der Waals surface area contributed by atoms with Crippen LogP contribution in [-0.2, 0) is 10.2 Å². The number of phenolic OH excluding ortho intramolecular Hbond substituents is 1. The molecule has 4 fully saturated rings. The number of carbonyl (C=O) groups excluding carboxylic acids is 1. The highest BCUT2D eigenvalue weighted by Gasteiger charge is 2.52. The minimum atomic E-state index is -0.313. The van der Waals surface area contributed by atoms with Gasteiger partial charge in [-0.2, -0.15) is 0 Å². The Morgan fingerprint density at radius 2 is 1.55 bits per heavy atom. The summed E-state index contributed by atoms with van der Waals surface area (Å²) in [6.45, 7) is 0. The summed E-state index contributed by atoms with van der Waals surface area (Å²) in [6.07, 6.45) is 7.88. The number of hydrogen-bond acceptors (Lipinski definition) is 3. The Morgan fingerprint density at radius 3 is 2.23 bits per heavy atom. The maximum Gasteiger partial charge on any atom is 0.338 e. The summed E-state index contributed by atoms with van der Waals surface area (Å²) in [7, 11) is 1.41. The molecule has 3 nitrogen and oxygen atoms in total. The minimum Gasteiger partial charge on any atom is -0.508 e. The first-order valence-electron chi connectivity index (χ1n) is 11.5. The topological polar surface area (TPSA) is 46.5 Å². The van der Waals surface area contributed by atoms with Crippen LogP contribution in [-0.4, -0.2) is 18.2 Å². The van der Waals surface area contributed by atoms with E-state index in [9.17, 15) is 9.90 Å². The van der Waals surface area contributed by atoms with Gasteiger partial charge in [0.1, 0.15) is 5.75 Å². The molecule has 4 bridgehead atoms. The van der Waals surface area contributed by atoms with Crippen molar-refractivity contribution in [2.24, 2.45) is 17.8 Å². The van der Waals surface area contributed by atoms with Crippen LogP contribution in [0.4, 0.5) is 0 Å². The molecule has 0 aliphatic heterocycles. The fourth-order valence-electron chi connectivity index (χ4n) is 7.33. The third kappa shape index (κ3) is 2.97. The molecule has 158 valence electrons. The van der Waals surface area contributed by atoms with Crippen molar-refractivity contribution in [2.45, 2.75) is 43.9 Å². The summed E-state index contributed by atoms with van der Waals surface area (Å²) in [6, 6.07) is 18.1. The standard InChI is InChI=1S/C28H28O3/c1-31-27(30)24-4-2-3-22-12-20(5-7-23(22)24)21-6-8-26(29)25(13-21)28-14-17-9-18(15-28)11-19(10-17)16-28/h2-8,12-13,17-19,29H,9-11,14-16H2,1H3. The van der Waals surface area contributed by atoms with Crippen molar-refractivity contribution < 1.29 is 14.6 Å². The molecule has 0 amide bonds. The highest BCUT2D eigenvalue weighted by atomic mass is 16.5. The normalized spacial score (nSPS) is 28.7. The van der Waals surface area contributed by atoms with Gasteiger partial charge in [-0.05, 0) is 108 Å². The highest BCUT2D eigenvalue weighted by molar-refractivity contribution is 6.05. The predicted molar refractivity (Wildman–Crippen MR) is 122 cm³/mol. The zero-order valence-corrected chi connectivity index (χ0v) is 17.9. The number of rotatable bonds is 3. The molecule has 31 heavy (non-hydrogen) atoms. The van der Waals surface area contributed by atoms with Crippen LogP contribution in [0.3, 0.4) is 0 Å². The van der Waals surface area contributed by atoms with Crippen LogP contribution in [0, 0.1) is 17.8 Å². The molecule has 1 N–H and O–H groups in total. The lowest BCUT2D eigenvalue weighted by Gasteiger charge is -2.57. The average Bonchev–Trinajstić information content (AvgIpc) is 2.77. The number of benzene rings is 3. The van der Waals surface area contributed by atoms with Crippen molar-refractivity contribution >= 4 is 16.7 Å². The highest BCUT2D eigenvalue weighted by Crippen LogP contribution is 2.62. The maximum absolute atomic E-state index is 12.1. The molecule has 4 aliphatic carbocycles. The van der Waals surface area contributed by atoms with Crippen molar-refractivity contribution in [3.63, 3.8) is 0 Å². The number of phenols is 1. The second-order valence-corrected chi connectivity index (χ2v) is 10.2. The van der Waals surface area contributed by atoms with Gasteiger partial charge in [-0.3, -0.25) is 0 Å². The molecule has 0 aromatic heterocycles. The zero-order chi connectivity index (χ0) is 21.2. The van der Waals surface area contributed by atoms with Crippen molar-refractivity contribution in [1.29, 1.82) is 0 Å². The lowest BCUT2D eigenvalue weighted by atomic mass is 9.48. The number of carbonyl (C=O) groups is 1. The van der Waals surface area contributed by atoms with E-state index < -0.39 is 0 Å². The van der Waals surface area contributed by atoms with Crippen molar-refractivity contribution in [3.05, 3.63) is 65.7 Å². The molecule has 7 rings (SSSR count). The fourth-order valence-corrected chi connectivity index (χ4v) is 7.33. The second kappa shape index (κ2) is 6.85. The quantitative estimate of drug-likeness (QED) is 0.502. The smallest absolute Gasteiger partial charge is 0.338 e. The summed E-state index contributed by atoms with van der Waals surface area (Å²) in [5, 5.41) is 12.8. The van der Waals surface area contributed by atoms with Crippen LogP contribution in [0.5, 0.6) is 5.75 Å². The van der Waals surface area contributed by atoms with Gasteiger partial charge >= 0.3 is 5.97 Å². The van der Waals surface area contributed by atoms with Gasteiger partial charge in [0.05, 0.1) is 12.7 Å². The molecule has 4 saturated carbocycles. The summed E-state index contributed by atoms with van der Waals surface area (Å²) in [4.78, 5) is 12.1. The van der Waals surface area contributed by atoms with Gasteiger partial charge in [-0.25, -0.2) is 4.79 Å². The van der Waals surface area contributed by atoms with Crippen molar-refractivity contribution in [3.8, 4) is 16.9 Å². The van der Waals surface area contributed by atoms with E-state index in [2.05, 4.69) is 18.2 Å². The fraction of sp³-hybridized carbons (Fsp3) is 0.393. The van der Waals surface area contributed by atoms with Crippen LogP contribution < -0.4 is 0 Å². The third-order valence-electron chi connectivity index (χ3n) is 8.23. The van der Waals surface area contributed by atoms with Gasteiger partial charge in [-0.1, -0.05) is 30.3 Å². The molecular weight excluding hydrogens is 384 g/mol. The molecule has 0 saturated heterocycles. The van der Waals surface area contributed by atoms with E-state index in [0.29, 0.717) is 11.3 Å². The number of aromatic hydroxyl groups is 1. The van der Waals surface area contributed by atoms with E-state index >= 15 is 0 Å². The number of ether oxygens (including phenoxy) is 1. The summed E-state index contributed by atoms with van der Waals surface area (Å²) < 4.78 is 4.94. The van der Waals surface area contributed by atoms with Crippen LogP contribution in [0.15, 0.2) is 54.6 Å². The maximum atomic E-state index is 12.1. The van der Waals surface area contributed by atoms with E-state index in [1.807, 2.05) is 30.3 Å². The lowest BCUT2D eigenvalue weighted by molar-refractivity contribution is -0.00611. The van der Waals surface area contributed by atoms with E-state index in [4.69, 9.17) is 4.74 Å². The van der Waals surface area contributed by atoms with E-state index in [0.717, 1.165) is 45.2 Å². The first-order valence-corrected chi connectivity index (χ1v) is 11.5. The molecule has 0 radical (unpaired) electrons. The van der Waals surface area contributed by atoms with Gasteiger partial charge in [0.25, 0.3) is 0 Å². The van der Waals surface area contributed by atoms with Crippen LogP contribution >= 0.6 is 0 Å². The van der Waals surface area contributed by atoms with E-state index in [1.165, 1.54) is 45.6 Å². The van der Waals surface area contributed by atoms with Gasteiger partial charge in [0.2, 0.25) is 0 Å². The Labute approximate surface area is 183 Å². The zero-order valence-electron chi connectivity index (χ0n) is 17.9. The Hall–Kier alpha value is -2.81. The summed E-state index contributed by atoms with van der Waals surface area (Å²) in [5.74, 6) is 2.66. The molecule has 3 heteroatoms. The van der Waals surface area contributed by atoms with Gasteiger partial charge in [0.15, 0.2) is 0 Å². The Morgan fingerprint density at radius 1 is 0.903 bits per heavy atom. The monoisotopic (exact) mass is 412 g/mol. The number of hydrogen-bond donors (Lipinski definition) is 1. The molecule has 4 aliphatic rings. The average molecular weight is 413 g/mol. The van der Waals surface area contributed by atoms with Crippen LogP contribution in [0.1, 0.15) is 54.4 Å². The Balaban J connectivity index is 1.42. The minimum absolute atomic E-state index is 0.156. The van der Waals surface area contributed by atoms with Gasteiger partial charge in [-0.15, -0.1) is 0 Å². The van der Waals surface area contributed by atoms with Gasteiger partial charge < -0.3 is 9.84 Å². The molecular formula is C28H28O3. The van der Waals surface area contributed by atoms with Crippen molar-refractivity contribution in [2.75, 3.05) is 7.11 Å². The number of fused-ring (bicyclic) bond motifs is 1. The van der Waals surface area contributed by atoms with Crippen LogP contribution in [0.2, 0.25) is 0 Å². The van der Waals surface area contributed by atoms with Crippen LogP contribution in [0.25, 0.3) is 21.9 Å². The first kappa shape index (κ1) is 18.9. The number of esters is 1. The SMILES string of the molecule is COC(=O)c1cccc2cc(-c3ccc(O)c(C45CC6CC(CC(C6)C4)C5)c3)ccc12. The summed E-state index contributed by atoms with van der Waals surface area (Å²) in [5.41, 5.74) is 4.15. The third-order valence-corrected chi connectivity index (χ3v) is 8.23. The molecule has 0 unspecified atom stereocenters. The molecule has 3 aromatic rings. The lowest BCUT2D eigenvalue weighted by Crippen LogP contribution is -2.48. The van der Waals surface area contributed by atoms with Gasteiger partial charge in [0, 0.05) is 5.56 Å². The van der Waals surface area contributed by atoms with E-state index in [1.54, 1.807) is 6.07 Å². The van der Waals surface area contributed by atoms with E-state index in [-0.39, 0.29) is 11.4 Å². The largest absolute Gasteiger partial charge is 0.508 e. The Kier molecular flexibility index (Phi) is 4.18. The number of methoxy groups -OCH3 is 1. The predicted octanol–water partition coefficient (Wildman–Crippen LogP) is 6.47. The molecule has 0 spiro atoms. The molecule has 0 atom stereocenters. The second-order valence-electron chi connectivity index (χ2n) is 10.2. The summed E-state index contributed by atoms with van der Waals surface area (Å²) >= 11 is 0. The van der Waals surface area contributed by atoms with Crippen molar-refractivity contribution in [1.82, 2.24) is 0 Å². The molecule has 3 aromatic carbocycles. The Bertz CT molecular complexity index is 1160. The molecule has 0 heterocycles.